The summed E-state index contributed by atoms with van der Waals surface area (Å²) in [5.41, 5.74) is -0.195. The summed E-state index contributed by atoms with van der Waals surface area (Å²) in [4.78, 5) is 12.0. The van der Waals surface area contributed by atoms with Crippen LogP contribution < -0.4 is 10.6 Å². The second kappa shape index (κ2) is 5.55. The Morgan fingerprint density at radius 2 is 1.89 bits per heavy atom. The van der Waals surface area contributed by atoms with Crippen LogP contribution in [-0.4, -0.2) is 19.0 Å². The van der Waals surface area contributed by atoms with Gasteiger partial charge >= 0.3 is 0 Å². The average molecular weight is 268 g/mol. The van der Waals surface area contributed by atoms with E-state index in [4.69, 9.17) is 0 Å². The number of anilines is 1. The molecule has 104 valence electrons. The highest BCUT2D eigenvalue weighted by Crippen LogP contribution is 2.25. The third-order valence-corrected chi connectivity index (χ3v) is 3.73. The molecule has 0 aromatic heterocycles. The number of hydrogen-bond donors (Lipinski definition) is 2. The van der Waals surface area contributed by atoms with E-state index in [9.17, 15) is 13.6 Å². The van der Waals surface area contributed by atoms with Gasteiger partial charge in [-0.25, -0.2) is 8.78 Å². The van der Waals surface area contributed by atoms with E-state index in [0.717, 1.165) is 31.4 Å². The summed E-state index contributed by atoms with van der Waals surface area (Å²) in [6.45, 7) is 2.07. The van der Waals surface area contributed by atoms with E-state index in [1.807, 2.05) is 0 Å². The van der Waals surface area contributed by atoms with Crippen molar-refractivity contribution in [2.24, 2.45) is 5.92 Å². The van der Waals surface area contributed by atoms with Crippen LogP contribution in [0, 0.1) is 17.6 Å². The molecule has 19 heavy (non-hydrogen) atoms. The Morgan fingerprint density at radius 1 is 1.26 bits per heavy atom. The molecule has 1 aliphatic rings. The molecule has 0 heterocycles. The van der Waals surface area contributed by atoms with Crippen molar-refractivity contribution < 1.29 is 13.6 Å². The van der Waals surface area contributed by atoms with E-state index in [2.05, 4.69) is 17.6 Å². The van der Waals surface area contributed by atoms with Crippen LogP contribution >= 0.6 is 0 Å². The first kappa shape index (κ1) is 13.8. The van der Waals surface area contributed by atoms with Gasteiger partial charge in [0.2, 0.25) is 0 Å². The Bertz CT molecular complexity index is 467. The minimum absolute atomic E-state index is 0.0214. The monoisotopic (exact) mass is 268 g/mol. The van der Waals surface area contributed by atoms with Gasteiger partial charge in [0.15, 0.2) is 0 Å². The lowest BCUT2D eigenvalue weighted by atomic mass is 10.1. The number of rotatable bonds is 3. The van der Waals surface area contributed by atoms with Crippen molar-refractivity contribution >= 4 is 11.6 Å². The van der Waals surface area contributed by atoms with Crippen LogP contribution in [0.1, 0.15) is 36.5 Å². The fourth-order valence-electron chi connectivity index (χ4n) is 2.55. The van der Waals surface area contributed by atoms with Gasteiger partial charge < -0.3 is 10.6 Å². The molecule has 2 unspecified atom stereocenters. The van der Waals surface area contributed by atoms with Gasteiger partial charge in [-0.3, -0.25) is 4.79 Å². The normalized spacial score (nSPS) is 22.3. The van der Waals surface area contributed by atoms with Crippen molar-refractivity contribution in [3.8, 4) is 0 Å². The van der Waals surface area contributed by atoms with Gasteiger partial charge in [0.25, 0.3) is 5.91 Å². The molecule has 0 radical (unpaired) electrons. The molecular formula is C14H18F2N2O. The average Bonchev–Trinajstić information content (AvgIpc) is 2.74. The van der Waals surface area contributed by atoms with Crippen LogP contribution in [0.4, 0.5) is 14.5 Å². The summed E-state index contributed by atoms with van der Waals surface area (Å²) in [5.74, 6) is -1.52. The van der Waals surface area contributed by atoms with Gasteiger partial charge in [-0.15, -0.1) is 0 Å². The molecule has 1 aromatic rings. The second-order valence-corrected chi connectivity index (χ2v) is 5.05. The van der Waals surface area contributed by atoms with Crippen LogP contribution in [0.2, 0.25) is 0 Å². The van der Waals surface area contributed by atoms with Crippen molar-refractivity contribution in [1.29, 1.82) is 0 Å². The van der Waals surface area contributed by atoms with Crippen molar-refractivity contribution in [1.82, 2.24) is 5.32 Å². The van der Waals surface area contributed by atoms with Gasteiger partial charge in [0.05, 0.1) is 0 Å². The predicted molar refractivity (Wildman–Crippen MR) is 70.2 cm³/mol. The van der Waals surface area contributed by atoms with Crippen LogP contribution in [-0.2, 0) is 0 Å². The Labute approximate surface area is 111 Å². The van der Waals surface area contributed by atoms with Gasteiger partial charge in [0, 0.05) is 18.7 Å². The zero-order valence-corrected chi connectivity index (χ0v) is 11.1. The smallest absolute Gasteiger partial charge is 0.251 e. The van der Waals surface area contributed by atoms with E-state index < -0.39 is 17.5 Å². The molecule has 1 aromatic carbocycles. The minimum atomic E-state index is -0.757. The van der Waals surface area contributed by atoms with Crippen molar-refractivity contribution in [2.45, 2.75) is 32.2 Å². The van der Waals surface area contributed by atoms with Gasteiger partial charge in [-0.05, 0) is 30.9 Å². The summed E-state index contributed by atoms with van der Waals surface area (Å²) in [5, 5.41) is 5.27. The molecular weight excluding hydrogens is 250 g/mol. The molecule has 5 heteroatoms. The fraction of sp³-hybridized carbons (Fsp3) is 0.500. The third kappa shape index (κ3) is 2.85. The van der Waals surface area contributed by atoms with E-state index in [1.54, 1.807) is 0 Å². The molecule has 0 saturated heterocycles. The number of halogens is 2. The van der Waals surface area contributed by atoms with E-state index >= 15 is 0 Å². The Hall–Kier alpha value is -1.65. The summed E-state index contributed by atoms with van der Waals surface area (Å²) in [7, 11) is 1.43. The van der Waals surface area contributed by atoms with E-state index in [0.29, 0.717) is 5.92 Å². The van der Waals surface area contributed by atoms with Gasteiger partial charge in [-0.2, -0.15) is 0 Å². The Morgan fingerprint density at radius 3 is 2.37 bits per heavy atom. The summed E-state index contributed by atoms with van der Waals surface area (Å²) < 4.78 is 27.2. The maximum atomic E-state index is 13.6. The maximum absolute atomic E-state index is 13.6. The first-order chi connectivity index (χ1) is 9.02. The molecule has 2 N–H and O–H groups in total. The Kier molecular flexibility index (Phi) is 4.02. The third-order valence-electron chi connectivity index (χ3n) is 3.73. The second-order valence-electron chi connectivity index (χ2n) is 5.05. The summed E-state index contributed by atoms with van der Waals surface area (Å²) in [6, 6.07) is 2.22. The lowest BCUT2D eigenvalue weighted by Gasteiger charge is -2.17. The van der Waals surface area contributed by atoms with Crippen molar-refractivity contribution in [3.63, 3.8) is 0 Å². The summed E-state index contributed by atoms with van der Waals surface area (Å²) in [6.07, 6.45) is 3.08. The lowest BCUT2D eigenvalue weighted by Crippen LogP contribution is -2.36. The molecule has 0 bridgehead atoms. The highest BCUT2D eigenvalue weighted by Gasteiger charge is 2.25. The van der Waals surface area contributed by atoms with E-state index in [1.165, 1.54) is 7.05 Å². The number of nitrogens with one attached hydrogen (secondary N) is 2. The minimum Gasteiger partial charge on any atom is -0.383 e. The topological polar surface area (TPSA) is 41.1 Å². The predicted octanol–water partition coefficient (Wildman–Crippen LogP) is 2.92. The van der Waals surface area contributed by atoms with Crippen LogP contribution in [0.5, 0.6) is 0 Å². The van der Waals surface area contributed by atoms with Crippen LogP contribution in [0.25, 0.3) is 0 Å². The number of amides is 1. The van der Waals surface area contributed by atoms with Gasteiger partial charge in [0.1, 0.15) is 17.3 Å². The van der Waals surface area contributed by atoms with Crippen LogP contribution in [0.15, 0.2) is 12.1 Å². The molecule has 2 rings (SSSR count). The number of benzene rings is 1. The van der Waals surface area contributed by atoms with Crippen LogP contribution in [0.3, 0.4) is 0 Å². The molecule has 0 aliphatic heterocycles. The maximum Gasteiger partial charge on any atom is 0.251 e. The summed E-state index contributed by atoms with van der Waals surface area (Å²) >= 11 is 0. The molecule has 0 spiro atoms. The SMILES string of the molecule is CNc1c(F)cc(C(=O)NC2CCCC2C)cc1F. The zero-order valence-electron chi connectivity index (χ0n) is 11.1. The highest BCUT2D eigenvalue weighted by atomic mass is 19.1. The van der Waals surface area contributed by atoms with Crippen molar-refractivity contribution in [2.75, 3.05) is 12.4 Å². The molecule has 1 aliphatic carbocycles. The Balaban J connectivity index is 2.15. The standard InChI is InChI=1S/C14H18F2N2O/c1-8-4-3-5-12(8)18-14(19)9-6-10(15)13(17-2)11(16)7-9/h6-8,12,17H,3-5H2,1-2H3,(H,18,19). The molecule has 1 fully saturated rings. The van der Waals surface area contributed by atoms with Gasteiger partial charge in [-0.1, -0.05) is 13.3 Å². The number of carbonyl (C=O) groups is 1. The lowest BCUT2D eigenvalue weighted by molar-refractivity contribution is 0.0928. The molecule has 1 saturated carbocycles. The van der Waals surface area contributed by atoms with E-state index in [-0.39, 0.29) is 17.3 Å². The number of hydrogen-bond acceptors (Lipinski definition) is 2. The van der Waals surface area contributed by atoms with Crippen molar-refractivity contribution in [3.05, 3.63) is 29.3 Å². The quantitative estimate of drug-likeness (QED) is 0.885. The molecule has 2 atom stereocenters. The molecule has 3 nitrogen and oxygen atoms in total. The first-order valence-electron chi connectivity index (χ1n) is 6.50. The molecule has 1 amide bonds. The fourth-order valence-corrected chi connectivity index (χ4v) is 2.55. The first-order valence-corrected chi connectivity index (χ1v) is 6.50. The zero-order chi connectivity index (χ0) is 14.0. The highest BCUT2D eigenvalue weighted by molar-refractivity contribution is 5.94. The largest absolute Gasteiger partial charge is 0.383 e. The number of carbonyl (C=O) groups excluding carboxylic acids is 1.